The molecule has 0 aliphatic heterocycles. The van der Waals surface area contributed by atoms with Crippen molar-refractivity contribution in [1.82, 2.24) is 20.1 Å². The van der Waals surface area contributed by atoms with Crippen molar-refractivity contribution in [2.45, 2.75) is 59.4 Å². The first-order valence-corrected chi connectivity index (χ1v) is 9.21. The summed E-state index contributed by atoms with van der Waals surface area (Å²) in [5, 5.41) is 7.21. The van der Waals surface area contributed by atoms with Gasteiger partial charge in [0.1, 0.15) is 0 Å². The van der Waals surface area contributed by atoms with Crippen LogP contribution in [-0.2, 0) is 17.6 Å². The van der Waals surface area contributed by atoms with E-state index in [2.05, 4.69) is 40.0 Å². The molecule has 2 heterocycles. The predicted molar refractivity (Wildman–Crippen MR) is 98.2 cm³/mol. The van der Waals surface area contributed by atoms with Crippen molar-refractivity contribution >= 4 is 5.91 Å². The second-order valence-electron chi connectivity index (χ2n) is 7.49. The number of aromatic nitrogens is 3. The van der Waals surface area contributed by atoms with Crippen molar-refractivity contribution < 1.29 is 4.79 Å². The van der Waals surface area contributed by atoms with Gasteiger partial charge in [-0.15, -0.1) is 0 Å². The number of rotatable bonds is 5. The summed E-state index contributed by atoms with van der Waals surface area (Å²) in [6.07, 6.45) is 5.41. The highest BCUT2D eigenvalue weighted by atomic mass is 16.2. The van der Waals surface area contributed by atoms with Crippen LogP contribution in [0.15, 0.2) is 18.3 Å². The summed E-state index contributed by atoms with van der Waals surface area (Å²) in [6.45, 7) is 9.02. The van der Waals surface area contributed by atoms with Gasteiger partial charge in [-0.3, -0.25) is 14.9 Å². The SMILES string of the molecule is Cc1n[nH]c(C)c1CC(=O)N(CC(C)C)[C@H]1CCCc2cccnc21. The number of aromatic amines is 1. The smallest absolute Gasteiger partial charge is 0.227 e. The van der Waals surface area contributed by atoms with E-state index in [1.807, 2.05) is 26.1 Å². The number of nitrogens with zero attached hydrogens (tertiary/aromatic N) is 3. The van der Waals surface area contributed by atoms with Crippen LogP contribution in [0, 0.1) is 19.8 Å². The van der Waals surface area contributed by atoms with E-state index in [0.29, 0.717) is 12.3 Å². The van der Waals surface area contributed by atoms with Crippen molar-refractivity contribution in [3.8, 4) is 0 Å². The lowest BCUT2D eigenvalue weighted by Gasteiger charge is -2.36. The Balaban J connectivity index is 1.89. The van der Waals surface area contributed by atoms with Crippen LogP contribution >= 0.6 is 0 Å². The quantitative estimate of drug-likeness (QED) is 0.906. The van der Waals surface area contributed by atoms with E-state index in [0.717, 1.165) is 48.5 Å². The zero-order chi connectivity index (χ0) is 18.0. The van der Waals surface area contributed by atoms with E-state index in [1.165, 1.54) is 5.56 Å². The molecule has 2 aromatic rings. The molecule has 134 valence electrons. The number of carbonyl (C=O) groups is 1. The van der Waals surface area contributed by atoms with Gasteiger partial charge in [0.15, 0.2) is 0 Å². The van der Waals surface area contributed by atoms with Gasteiger partial charge in [-0.25, -0.2) is 0 Å². The third-order valence-electron chi connectivity index (χ3n) is 5.03. The highest BCUT2D eigenvalue weighted by Crippen LogP contribution is 2.33. The fourth-order valence-corrected chi connectivity index (χ4v) is 3.77. The number of hydrogen-bond donors (Lipinski definition) is 1. The normalized spacial score (nSPS) is 16.8. The Labute approximate surface area is 149 Å². The summed E-state index contributed by atoms with van der Waals surface area (Å²) in [6, 6.07) is 4.23. The largest absolute Gasteiger partial charge is 0.334 e. The molecule has 0 bridgehead atoms. The summed E-state index contributed by atoms with van der Waals surface area (Å²) in [7, 11) is 0. The first-order chi connectivity index (χ1) is 12.0. The van der Waals surface area contributed by atoms with Crippen molar-refractivity contribution in [3.63, 3.8) is 0 Å². The predicted octanol–water partition coefficient (Wildman–Crippen LogP) is 3.53. The summed E-state index contributed by atoms with van der Waals surface area (Å²) in [5.74, 6) is 0.592. The monoisotopic (exact) mass is 340 g/mol. The number of amides is 1. The molecule has 0 spiro atoms. The molecule has 1 amide bonds. The van der Waals surface area contributed by atoms with Crippen LogP contribution in [0.3, 0.4) is 0 Å². The molecule has 5 heteroatoms. The number of aryl methyl sites for hydroxylation is 3. The molecule has 0 aromatic carbocycles. The van der Waals surface area contributed by atoms with E-state index in [4.69, 9.17) is 0 Å². The van der Waals surface area contributed by atoms with Gasteiger partial charge in [0.25, 0.3) is 0 Å². The van der Waals surface area contributed by atoms with Crippen LogP contribution in [0.5, 0.6) is 0 Å². The van der Waals surface area contributed by atoms with Gasteiger partial charge < -0.3 is 4.90 Å². The van der Waals surface area contributed by atoms with Gasteiger partial charge in [0.2, 0.25) is 5.91 Å². The standard InChI is InChI=1S/C20H28N4O/c1-13(2)12-24(19(25)11-17-14(3)22-23-15(17)4)18-9-5-7-16-8-6-10-21-20(16)18/h6,8,10,13,18H,5,7,9,11-12H2,1-4H3,(H,22,23)/t18-/m0/s1. The van der Waals surface area contributed by atoms with Crippen LogP contribution in [0.25, 0.3) is 0 Å². The molecule has 1 atom stereocenters. The number of nitrogens with one attached hydrogen (secondary N) is 1. The maximum atomic E-state index is 13.2. The second-order valence-corrected chi connectivity index (χ2v) is 7.49. The van der Waals surface area contributed by atoms with E-state index >= 15 is 0 Å². The molecular weight excluding hydrogens is 312 g/mol. The Morgan fingerprint density at radius 1 is 1.40 bits per heavy atom. The van der Waals surface area contributed by atoms with Crippen LogP contribution in [0.2, 0.25) is 0 Å². The summed E-state index contributed by atoms with van der Waals surface area (Å²) < 4.78 is 0. The second kappa shape index (κ2) is 7.38. The molecule has 1 aliphatic carbocycles. The first kappa shape index (κ1) is 17.6. The van der Waals surface area contributed by atoms with Crippen molar-refractivity contribution in [1.29, 1.82) is 0 Å². The third-order valence-corrected chi connectivity index (χ3v) is 5.03. The van der Waals surface area contributed by atoms with Gasteiger partial charge in [-0.05, 0) is 50.7 Å². The van der Waals surface area contributed by atoms with Gasteiger partial charge in [-0.2, -0.15) is 5.10 Å². The molecule has 3 rings (SSSR count). The molecule has 25 heavy (non-hydrogen) atoms. The average Bonchev–Trinajstić information content (AvgIpc) is 2.91. The maximum absolute atomic E-state index is 13.2. The lowest BCUT2D eigenvalue weighted by Crippen LogP contribution is -2.40. The van der Waals surface area contributed by atoms with Crippen LogP contribution < -0.4 is 0 Å². The molecule has 1 aliphatic rings. The summed E-state index contributed by atoms with van der Waals surface area (Å²) in [4.78, 5) is 19.9. The minimum atomic E-state index is 0.0902. The highest BCUT2D eigenvalue weighted by molar-refractivity contribution is 5.80. The molecule has 2 aromatic heterocycles. The first-order valence-electron chi connectivity index (χ1n) is 9.21. The number of pyridine rings is 1. The summed E-state index contributed by atoms with van der Waals surface area (Å²) in [5.41, 5.74) is 5.30. The minimum Gasteiger partial charge on any atom is -0.334 e. The van der Waals surface area contributed by atoms with E-state index in [9.17, 15) is 4.79 Å². The Kier molecular flexibility index (Phi) is 5.21. The van der Waals surface area contributed by atoms with Gasteiger partial charge >= 0.3 is 0 Å². The zero-order valence-corrected chi connectivity index (χ0v) is 15.7. The number of hydrogen-bond acceptors (Lipinski definition) is 3. The van der Waals surface area contributed by atoms with E-state index in [-0.39, 0.29) is 11.9 Å². The Hall–Kier alpha value is -2.17. The third kappa shape index (κ3) is 3.75. The van der Waals surface area contributed by atoms with Crippen LogP contribution in [0.1, 0.15) is 60.9 Å². The number of H-pyrrole nitrogens is 1. The Morgan fingerprint density at radius 3 is 2.88 bits per heavy atom. The van der Waals surface area contributed by atoms with Gasteiger partial charge in [0, 0.05) is 24.0 Å². The highest BCUT2D eigenvalue weighted by Gasteiger charge is 2.31. The van der Waals surface area contributed by atoms with Gasteiger partial charge in [-0.1, -0.05) is 19.9 Å². The fourth-order valence-electron chi connectivity index (χ4n) is 3.77. The van der Waals surface area contributed by atoms with Crippen LogP contribution in [0.4, 0.5) is 0 Å². The maximum Gasteiger partial charge on any atom is 0.227 e. The lowest BCUT2D eigenvalue weighted by molar-refractivity contribution is -0.134. The molecule has 0 unspecified atom stereocenters. The Morgan fingerprint density at radius 2 is 2.20 bits per heavy atom. The van der Waals surface area contributed by atoms with Crippen molar-refractivity contribution in [3.05, 3.63) is 46.5 Å². The van der Waals surface area contributed by atoms with Crippen molar-refractivity contribution in [2.75, 3.05) is 6.54 Å². The molecule has 1 N–H and O–H groups in total. The Bertz CT molecular complexity index is 730. The number of carbonyl (C=O) groups excluding carboxylic acids is 1. The minimum absolute atomic E-state index is 0.0902. The average molecular weight is 340 g/mol. The molecule has 0 radical (unpaired) electrons. The lowest BCUT2D eigenvalue weighted by atomic mass is 9.90. The molecule has 0 saturated carbocycles. The van der Waals surface area contributed by atoms with E-state index < -0.39 is 0 Å². The van der Waals surface area contributed by atoms with Crippen LogP contribution in [-0.4, -0.2) is 32.5 Å². The van der Waals surface area contributed by atoms with Crippen molar-refractivity contribution in [2.24, 2.45) is 5.92 Å². The topological polar surface area (TPSA) is 61.9 Å². The summed E-state index contributed by atoms with van der Waals surface area (Å²) >= 11 is 0. The molecular formula is C20H28N4O. The van der Waals surface area contributed by atoms with E-state index in [1.54, 1.807) is 0 Å². The molecule has 0 saturated heterocycles. The van der Waals surface area contributed by atoms with Gasteiger partial charge in [0.05, 0.1) is 23.9 Å². The number of fused-ring (bicyclic) bond motifs is 1. The zero-order valence-electron chi connectivity index (χ0n) is 15.7. The molecule has 5 nitrogen and oxygen atoms in total. The fraction of sp³-hybridized carbons (Fsp3) is 0.550. The molecule has 0 fully saturated rings.